The number of hydrogen-bond acceptors (Lipinski definition) is 6. The number of nitrogens with zero attached hydrogens (tertiary/aromatic N) is 2. The predicted molar refractivity (Wildman–Crippen MR) is 100.0 cm³/mol. The van der Waals surface area contributed by atoms with Crippen LogP contribution in [-0.2, 0) is 29.3 Å². The van der Waals surface area contributed by atoms with Gasteiger partial charge in [-0.15, -0.1) is 0 Å². The highest BCUT2D eigenvalue weighted by Crippen LogP contribution is 2.26. The number of aryl methyl sites for hydroxylation is 2. The van der Waals surface area contributed by atoms with Gasteiger partial charge in [0.25, 0.3) is 0 Å². The van der Waals surface area contributed by atoms with Crippen LogP contribution in [0.15, 0.2) is 23.1 Å². The van der Waals surface area contributed by atoms with E-state index >= 15 is 0 Å². The highest BCUT2D eigenvalue weighted by atomic mass is 32.2. The van der Waals surface area contributed by atoms with Crippen LogP contribution in [0.5, 0.6) is 5.75 Å². The van der Waals surface area contributed by atoms with Crippen LogP contribution >= 0.6 is 0 Å². The minimum Gasteiger partial charge on any atom is -0.495 e. The number of rotatable bonds is 6. The van der Waals surface area contributed by atoms with E-state index in [0.717, 1.165) is 42.2 Å². The first-order chi connectivity index (χ1) is 12.4. The zero-order chi connectivity index (χ0) is 18.7. The fourth-order valence-corrected chi connectivity index (χ4v) is 4.04. The number of ether oxygens (including phenoxy) is 1. The zero-order valence-electron chi connectivity index (χ0n) is 15.1. The van der Waals surface area contributed by atoms with Gasteiger partial charge >= 0.3 is 0 Å². The number of nitrogens with two attached hydrogens (primary N) is 1. The number of nitrogens with one attached hydrogen (secondary N) is 1. The molecule has 0 saturated carbocycles. The van der Waals surface area contributed by atoms with Crippen LogP contribution in [0.4, 0.5) is 5.82 Å². The molecule has 26 heavy (non-hydrogen) atoms. The van der Waals surface area contributed by atoms with Gasteiger partial charge < -0.3 is 10.1 Å². The molecule has 1 heterocycles. The average Bonchev–Trinajstić information content (AvgIpc) is 2.60. The maximum Gasteiger partial charge on any atom is 0.241 e. The van der Waals surface area contributed by atoms with Gasteiger partial charge in [-0.25, -0.2) is 23.5 Å². The van der Waals surface area contributed by atoms with Crippen molar-refractivity contribution in [2.24, 2.45) is 5.14 Å². The quantitative estimate of drug-likeness (QED) is 0.798. The van der Waals surface area contributed by atoms with Crippen molar-refractivity contribution in [1.29, 1.82) is 0 Å². The van der Waals surface area contributed by atoms with Gasteiger partial charge in [-0.3, -0.25) is 0 Å². The molecular formula is C18H24N4O3S. The van der Waals surface area contributed by atoms with Gasteiger partial charge in [0, 0.05) is 17.8 Å². The molecule has 3 rings (SSSR count). The largest absolute Gasteiger partial charge is 0.495 e. The van der Waals surface area contributed by atoms with Crippen LogP contribution in [0.3, 0.4) is 0 Å². The molecule has 0 atom stereocenters. The van der Waals surface area contributed by atoms with E-state index in [1.54, 1.807) is 12.1 Å². The molecule has 1 aromatic carbocycles. The number of methoxy groups -OCH3 is 1. The Kier molecular flexibility index (Phi) is 5.43. The maximum absolute atomic E-state index is 11.7. The Labute approximate surface area is 154 Å². The molecule has 0 unspecified atom stereocenters. The van der Waals surface area contributed by atoms with Crippen molar-refractivity contribution in [3.63, 3.8) is 0 Å². The fraction of sp³-hybridized carbons (Fsp3) is 0.444. The van der Waals surface area contributed by atoms with Crippen LogP contribution in [0.1, 0.15) is 35.5 Å². The molecule has 3 N–H and O–H groups in total. The van der Waals surface area contributed by atoms with Gasteiger partial charge in [-0.2, -0.15) is 0 Å². The SMILES string of the molecule is COc1ccc(CCNc2nc(C)nc3c2CCCC3)cc1S(N)(=O)=O. The molecule has 7 nitrogen and oxygen atoms in total. The molecule has 0 spiro atoms. The van der Waals surface area contributed by atoms with Crippen molar-refractivity contribution in [2.45, 2.75) is 43.9 Å². The van der Waals surface area contributed by atoms with E-state index in [1.165, 1.54) is 19.1 Å². The first-order valence-corrected chi connectivity index (χ1v) is 10.2. The molecule has 0 radical (unpaired) electrons. The lowest BCUT2D eigenvalue weighted by atomic mass is 9.96. The summed E-state index contributed by atoms with van der Waals surface area (Å²) in [6, 6.07) is 5.04. The molecule has 0 aliphatic heterocycles. The Morgan fingerprint density at radius 1 is 1.23 bits per heavy atom. The number of primary sulfonamides is 1. The summed E-state index contributed by atoms with van der Waals surface area (Å²) in [6.07, 6.45) is 4.97. The van der Waals surface area contributed by atoms with Crippen molar-refractivity contribution in [3.8, 4) is 5.75 Å². The van der Waals surface area contributed by atoms with Crippen molar-refractivity contribution >= 4 is 15.8 Å². The maximum atomic E-state index is 11.7. The number of sulfonamides is 1. The Balaban J connectivity index is 1.74. The highest BCUT2D eigenvalue weighted by Gasteiger charge is 2.17. The lowest BCUT2D eigenvalue weighted by Gasteiger charge is -2.19. The molecule has 0 fully saturated rings. The Morgan fingerprint density at radius 2 is 2.00 bits per heavy atom. The van der Waals surface area contributed by atoms with Crippen LogP contribution in [0, 0.1) is 6.92 Å². The van der Waals surface area contributed by atoms with E-state index in [2.05, 4.69) is 15.3 Å². The summed E-state index contributed by atoms with van der Waals surface area (Å²) >= 11 is 0. The first-order valence-electron chi connectivity index (χ1n) is 8.68. The van der Waals surface area contributed by atoms with Crippen LogP contribution in [-0.4, -0.2) is 32.0 Å². The van der Waals surface area contributed by atoms with Gasteiger partial charge in [-0.05, 0) is 56.7 Å². The second-order valence-electron chi connectivity index (χ2n) is 6.46. The molecule has 8 heteroatoms. The number of benzene rings is 1. The van der Waals surface area contributed by atoms with E-state index in [9.17, 15) is 8.42 Å². The topological polar surface area (TPSA) is 107 Å². The first kappa shape index (κ1) is 18.6. The summed E-state index contributed by atoms with van der Waals surface area (Å²) in [4.78, 5) is 9.10. The molecule has 0 amide bonds. The van der Waals surface area contributed by atoms with Crippen molar-refractivity contribution in [3.05, 3.63) is 40.8 Å². The molecule has 1 aliphatic rings. The lowest BCUT2D eigenvalue weighted by molar-refractivity contribution is 0.402. The molecule has 1 aliphatic carbocycles. The predicted octanol–water partition coefficient (Wildman–Crippen LogP) is 1.97. The van der Waals surface area contributed by atoms with Gasteiger partial charge in [-0.1, -0.05) is 6.07 Å². The number of fused-ring (bicyclic) bond motifs is 1. The summed E-state index contributed by atoms with van der Waals surface area (Å²) in [5.41, 5.74) is 3.22. The van der Waals surface area contributed by atoms with E-state index in [-0.39, 0.29) is 10.6 Å². The normalized spacial score (nSPS) is 14.0. The van der Waals surface area contributed by atoms with Crippen molar-refractivity contribution < 1.29 is 13.2 Å². The lowest BCUT2D eigenvalue weighted by Crippen LogP contribution is -2.16. The summed E-state index contributed by atoms with van der Waals surface area (Å²) in [5.74, 6) is 1.92. The summed E-state index contributed by atoms with van der Waals surface area (Å²) < 4.78 is 28.5. The third-order valence-corrected chi connectivity index (χ3v) is 5.47. The zero-order valence-corrected chi connectivity index (χ0v) is 15.9. The van der Waals surface area contributed by atoms with E-state index in [0.29, 0.717) is 13.0 Å². The summed E-state index contributed by atoms with van der Waals surface area (Å²) in [7, 11) is -2.41. The van der Waals surface area contributed by atoms with Crippen molar-refractivity contribution in [2.75, 3.05) is 19.0 Å². The molecule has 1 aromatic heterocycles. The Hall–Kier alpha value is -2.19. The molecular weight excluding hydrogens is 352 g/mol. The number of anilines is 1. The Morgan fingerprint density at radius 3 is 2.73 bits per heavy atom. The van der Waals surface area contributed by atoms with Crippen molar-refractivity contribution in [1.82, 2.24) is 9.97 Å². The third-order valence-electron chi connectivity index (χ3n) is 4.54. The fourth-order valence-electron chi connectivity index (χ4n) is 3.29. The average molecular weight is 376 g/mol. The van der Waals surface area contributed by atoms with E-state index in [4.69, 9.17) is 9.88 Å². The van der Waals surface area contributed by atoms with Gasteiger partial charge in [0.15, 0.2) is 0 Å². The van der Waals surface area contributed by atoms with E-state index < -0.39 is 10.0 Å². The molecule has 0 bridgehead atoms. The minimum atomic E-state index is -3.83. The molecule has 140 valence electrons. The van der Waals surface area contributed by atoms with Gasteiger partial charge in [0.1, 0.15) is 22.3 Å². The second-order valence-corrected chi connectivity index (χ2v) is 7.99. The van der Waals surface area contributed by atoms with Gasteiger partial charge in [0.05, 0.1) is 7.11 Å². The van der Waals surface area contributed by atoms with Crippen LogP contribution in [0.25, 0.3) is 0 Å². The van der Waals surface area contributed by atoms with Gasteiger partial charge in [0.2, 0.25) is 10.0 Å². The minimum absolute atomic E-state index is 0.00719. The van der Waals surface area contributed by atoms with Crippen LogP contribution < -0.4 is 15.2 Å². The molecule has 0 saturated heterocycles. The highest BCUT2D eigenvalue weighted by molar-refractivity contribution is 7.89. The third kappa shape index (κ3) is 4.13. The monoisotopic (exact) mass is 376 g/mol. The second kappa shape index (κ2) is 7.59. The number of hydrogen-bond donors (Lipinski definition) is 2. The molecule has 2 aromatic rings. The number of aromatic nitrogens is 2. The van der Waals surface area contributed by atoms with E-state index in [1.807, 2.05) is 13.0 Å². The Bertz CT molecular complexity index is 913. The summed E-state index contributed by atoms with van der Waals surface area (Å²) in [6.45, 7) is 2.54. The summed E-state index contributed by atoms with van der Waals surface area (Å²) in [5, 5.41) is 8.66. The van der Waals surface area contributed by atoms with Crippen LogP contribution in [0.2, 0.25) is 0 Å². The smallest absolute Gasteiger partial charge is 0.241 e. The standard InChI is InChI=1S/C18H24N4O3S/c1-12-21-15-6-4-3-5-14(15)18(22-12)20-10-9-13-7-8-16(25-2)17(11-13)26(19,23)24/h7-8,11H,3-6,9-10H2,1-2H3,(H2,19,23,24)(H,20,21,22).